The van der Waals surface area contributed by atoms with Gasteiger partial charge >= 0.3 is 0 Å². The van der Waals surface area contributed by atoms with Crippen LogP contribution in [0, 0.1) is 0 Å². The molecule has 0 saturated heterocycles. The lowest BCUT2D eigenvalue weighted by atomic mass is 10.0. The Bertz CT molecular complexity index is 404. The van der Waals surface area contributed by atoms with Gasteiger partial charge in [0, 0.05) is 10.5 Å². The van der Waals surface area contributed by atoms with Gasteiger partial charge in [-0.2, -0.15) is 0 Å². The van der Waals surface area contributed by atoms with Crippen LogP contribution in [0.25, 0.3) is 0 Å². The summed E-state index contributed by atoms with van der Waals surface area (Å²) in [7, 11) is 0. The molecule has 0 heterocycles. The summed E-state index contributed by atoms with van der Waals surface area (Å²) in [6.45, 7) is 1.71. The number of fused-ring (bicyclic) bond motifs is 1. The standard InChI is InChI=1S/C13H18BrNO2/c1-13(7-16,8-17)15-12-5-2-9-6-10(14)3-4-11(9)12/h3-4,6,12,15-17H,2,5,7-8H2,1H3. The smallest absolute Gasteiger partial charge is 0.0633 e. The molecule has 1 aromatic rings. The molecule has 3 nitrogen and oxygen atoms in total. The van der Waals surface area contributed by atoms with E-state index in [1.54, 1.807) is 0 Å². The number of nitrogens with one attached hydrogen (secondary N) is 1. The Morgan fingerprint density at radius 1 is 1.41 bits per heavy atom. The van der Waals surface area contributed by atoms with Crippen LogP contribution >= 0.6 is 15.9 Å². The monoisotopic (exact) mass is 299 g/mol. The van der Waals surface area contributed by atoms with Gasteiger partial charge in [-0.25, -0.2) is 0 Å². The van der Waals surface area contributed by atoms with E-state index in [0.717, 1.165) is 17.3 Å². The Hall–Kier alpha value is -0.420. The summed E-state index contributed by atoms with van der Waals surface area (Å²) in [5.74, 6) is 0. The third-order valence-electron chi connectivity index (χ3n) is 3.40. The van der Waals surface area contributed by atoms with Crippen LogP contribution in [0.3, 0.4) is 0 Å². The van der Waals surface area contributed by atoms with Crippen LogP contribution in [-0.2, 0) is 6.42 Å². The van der Waals surface area contributed by atoms with E-state index in [2.05, 4.69) is 33.4 Å². The van der Waals surface area contributed by atoms with Crippen molar-refractivity contribution in [3.8, 4) is 0 Å². The Labute approximate surface area is 110 Å². The maximum absolute atomic E-state index is 9.31. The maximum Gasteiger partial charge on any atom is 0.0633 e. The molecule has 0 radical (unpaired) electrons. The van der Waals surface area contributed by atoms with Crippen LogP contribution in [0.1, 0.15) is 30.5 Å². The fourth-order valence-electron chi connectivity index (χ4n) is 2.30. The first-order valence-electron chi connectivity index (χ1n) is 5.86. The number of aryl methyl sites for hydroxylation is 1. The summed E-state index contributed by atoms with van der Waals surface area (Å²) >= 11 is 3.47. The zero-order valence-electron chi connectivity index (χ0n) is 9.91. The average molecular weight is 300 g/mol. The predicted molar refractivity (Wildman–Crippen MR) is 70.9 cm³/mol. The molecule has 2 rings (SSSR count). The third kappa shape index (κ3) is 2.71. The molecule has 0 bridgehead atoms. The normalized spacial score (nSPS) is 19.4. The summed E-state index contributed by atoms with van der Waals surface area (Å²) in [6.07, 6.45) is 2.06. The quantitative estimate of drug-likeness (QED) is 0.794. The molecular formula is C13H18BrNO2. The molecule has 0 aliphatic heterocycles. The summed E-state index contributed by atoms with van der Waals surface area (Å²) in [4.78, 5) is 0. The predicted octanol–water partition coefficient (Wildman–Crippen LogP) is 1.77. The average Bonchev–Trinajstić information content (AvgIpc) is 2.71. The molecule has 1 aromatic carbocycles. The highest BCUT2D eigenvalue weighted by atomic mass is 79.9. The summed E-state index contributed by atoms with van der Waals surface area (Å²) < 4.78 is 1.10. The Morgan fingerprint density at radius 3 is 2.76 bits per heavy atom. The molecule has 0 fully saturated rings. The second kappa shape index (κ2) is 5.06. The van der Waals surface area contributed by atoms with Gasteiger partial charge in [-0.3, -0.25) is 0 Å². The molecule has 1 aliphatic rings. The Morgan fingerprint density at radius 2 is 2.12 bits per heavy atom. The molecule has 1 unspecified atom stereocenters. The number of aliphatic hydroxyl groups excluding tert-OH is 2. The zero-order chi connectivity index (χ0) is 12.5. The van der Waals surface area contributed by atoms with Crippen molar-refractivity contribution in [2.45, 2.75) is 31.3 Å². The first-order valence-corrected chi connectivity index (χ1v) is 6.65. The van der Waals surface area contributed by atoms with E-state index in [1.807, 2.05) is 13.0 Å². The number of halogens is 1. The van der Waals surface area contributed by atoms with Crippen LogP contribution in [0.5, 0.6) is 0 Å². The Balaban J connectivity index is 2.17. The van der Waals surface area contributed by atoms with E-state index in [1.165, 1.54) is 11.1 Å². The topological polar surface area (TPSA) is 52.5 Å². The van der Waals surface area contributed by atoms with E-state index in [-0.39, 0.29) is 19.3 Å². The van der Waals surface area contributed by atoms with Crippen molar-refractivity contribution >= 4 is 15.9 Å². The van der Waals surface area contributed by atoms with Crippen molar-refractivity contribution in [3.05, 3.63) is 33.8 Å². The molecule has 94 valence electrons. The van der Waals surface area contributed by atoms with E-state index in [4.69, 9.17) is 0 Å². The van der Waals surface area contributed by atoms with Gasteiger partial charge in [0.15, 0.2) is 0 Å². The number of benzene rings is 1. The van der Waals surface area contributed by atoms with Crippen LogP contribution in [0.2, 0.25) is 0 Å². The van der Waals surface area contributed by atoms with Gasteiger partial charge in [0.1, 0.15) is 0 Å². The minimum atomic E-state index is -0.612. The molecule has 17 heavy (non-hydrogen) atoms. The summed E-state index contributed by atoms with van der Waals surface area (Å²) in [5, 5.41) is 22.0. The van der Waals surface area contributed by atoms with Gasteiger partial charge in [0.2, 0.25) is 0 Å². The van der Waals surface area contributed by atoms with Crippen molar-refractivity contribution < 1.29 is 10.2 Å². The highest BCUT2D eigenvalue weighted by molar-refractivity contribution is 9.10. The van der Waals surface area contributed by atoms with Gasteiger partial charge in [0.05, 0.1) is 18.8 Å². The van der Waals surface area contributed by atoms with E-state index < -0.39 is 5.54 Å². The van der Waals surface area contributed by atoms with Crippen molar-refractivity contribution in [2.24, 2.45) is 0 Å². The maximum atomic E-state index is 9.31. The summed E-state index contributed by atoms with van der Waals surface area (Å²) in [5.41, 5.74) is 2.01. The van der Waals surface area contributed by atoms with Crippen LogP contribution in [0.15, 0.2) is 22.7 Å². The lowest BCUT2D eigenvalue weighted by molar-refractivity contribution is 0.0939. The van der Waals surface area contributed by atoms with Crippen molar-refractivity contribution in [1.29, 1.82) is 0 Å². The number of aliphatic hydroxyl groups is 2. The number of hydrogen-bond donors (Lipinski definition) is 3. The third-order valence-corrected chi connectivity index (χ3v) is 3.90. The molecule has 0 aromatic heterocycles. The molecule has 4 heteroatoms. The van der Waals surface area contributed by atoms with E-state index >= 15 is 0 Å². The molecule has 0 saturated carbocycles. The number of rotatable bonds is 4. The van der Waals surface area contributed by atoms with Crippen LogP contribution < -0.4 is 5.32 Å². The fraction of sp³-hybridized carbons (Fsp3) is 0.538. The molecule has 1 atom stereocenters. The first kappa shape index (κ1) is 13.0. The fourth-order valence-corrected chi connectivity index (χ4v) is 2.71. The van der Waals surface area contributed by atoms with Gasteiger partial charge in [0.25, 0.3) is 0 Å². The minimum Gasteiger partial charge on any atom is -0.394 e. The van der Waals surface area contributed by atoms with Gasteiger partial charge in [-0.15, -0.1) is 0 Å². The SMILES string of the molecule is CC(CO)(CO)NC1CCc2cc(Br)ccc21. The highest BCUT2D eigenvalue weighted by Crippen LogP contribution is 2.34. The summed E-state index contributed by atoms with van der Waals surface area (Å²) in [6, 6.07) is 6.52. The van der Waals surface area contributed by atoms with Crippen LogP contribution in [0.4, 0.5) is 0 Å². The molecule has 0 amide bonds. The molecule has 1 aliphatic carbocycles. The molecular weight excluding hydrogens is 282 g/mol. The van der Waals surface area contributed by atoms with E-state index in [0.29, 0.717) is 0 Å². The highest BCUT2D eigenvalue weighted by Gasteiger charge is 2.30. The Kier molecular flexibility index (Phi) is 3.88. The molecule has 0 spiro atoms. The number of hydrogen-bond acceptors (Lipinski definition) is 3. The zero-order valence-corrected chi connectivity index (χ0v) is 11.5. The van der Waals surface area contributed by atoms with Gasteiger partial charge < -0.3 is 15.5 Å². The largest absolute Gasteiger partial charge is 0.394 e. The second-order valence-electron chi connectivity index (χ2n) is 4.96. The first-order chi connectivity index (χ1) is 8.08. The van der Waals surface area contributed by atoms with Gasteiger partial charge in [-0.05, 0) is 43.0 Å². The van der Waals surface area contributed by atoms with Crippen molar-refractivity contribution in [1.82, 2.24) is 5.32 Å². The minimum absolute atomic E-state index is 0.0636. The van der Waals surface area contributed by atoms with Crippen LogP contribution in [-0.4, -0.2) is 29.0 Å². The van der Waals surface area contributed by atoms with Gasteiger partial charge in [-0.1, -0.05) is 22.0 Å². The lowest BCUT2D eigenvalue weighted by Crippen LogP contribution is -2.50. The van der Waals surface area contributed by atoms with Crippen molar-refractivity contribution in [2.75, 3.05) is 13.2 Å². The van der Waals surface area contributed by atoms with Crippen molar-refractivity contribution in [3.63, 3.8) is 0 Å². The second-order valence-corrected chi connectivity index (χ2v) is 5.87. The molecule has 3 N–H and O–H groups in total. The van der Waals surface area contributed by atoms with E-state index in [9.17, 15) is 10.2 Å². The lowest BCUT2D eigenvalue weighted by Gasteiger charge is -2.30.